The van der Waals surface area contributed by atoms with Crippen LogP contribution in [0.5, 0.6) is 0 Å². The van der Waals surface area contributed by atoms with Gasteiger partial charge in [-0.3, -0.25) is 9.59 Å². The zero-order valence-electron chi connectivity index (χ0n) is 14.7. The van der Waals surface area contributed by atoms with Gasteiger partial charge in [-0.1, -0.05) is 71.1 Å². The molecule has 4 nitrogen and oxygen atoms in total. The Balaban J connectivity index is 1.94. The molecule has 0 spiro atoms. The van der Waals surface area contributed by atoms with Gasteiger partial charge in [-0.25, -0.2) is 0 Å². The monoisotopic (exact) mass is 326 g/mol. The minimum absolute atomic E-state index is 0.0748. The van der Waals surface area contributed by atoms with Crippen LogP contribution < -0.4 is 0 Å². The summed E-state index contributed by atoms with van der Waals surface area (Å²) < 4.78 is 4.94. The lowest BCUT2D eigenvalue weighted by Crippen LogP contribution is -2.27. The summed E-state index contributed by atoms with van der Waals surface area (Å²) in [6.45, 7) is 1.99. The van der Waals surface area contributed by atoms with Crippen molar-refractivity contribution in [2.75, 3.05) is 6.61 Å². The molecule has 1 aliphatic rings. The molecule has 1 fully saturated rings. The second-order valence-corrected chi connectivity index (χ2v) is 6.77. The number of cyclic esters (lactones) is 1. The Morgan fingerprint density at radius 2 is 1.52 bits per heavy atom. The van der Waals surface area contributed by atoms with Crippen molar-refractivity contribution in [3.05, 3.63) is 0 Å². The van der Waals surface area contributed by atoms with E-state index in [-0.39, 0.29) is 24.8 Å². The van der Waals surface area contributed by atoms with Gasteiger partial charge in [0.15, 0.2) is 0 Å². The topological polar surface area (TPSA) is 63.6 Å². The summed E-state index contributed by atoms with van der Waals surface area (Å²) in [6, 6.07) is 0. The maximum absolute atomic E-state index is 12.1. The highest BCUT2D eigenvalue weighted by molar-refractivity contribution is 5.88. The number of rotatable bonds is 14. The molecule has 1 saturated heterocycles. The van der Waals surface area contributed by atoms with Crippen molar-refractivity contribution in [2.45, 2.75) is 96.5 Å². The predicted molar refractivity (Wildman–Crippen MR) is 91.2 cm³/mol. The van der Waals surface area contributed by atoms with Gasteiger partial charge in [0, 0.05) is 6.42 Å². The van der Waals surface area contributed by atoms with Crippen LogP contribution in [0.1, 0.15) is 90.4 Å². The van der Waals surface area contributed by atoms with Gasteiger partial charge in [-0.2, -0.15) is 0 Å². The van der Waals surface area contributed by atoms with Gasteiger partial charge in [0.2, 0.25) is 0 Å². The van der Waals surface area contributed by atoms with E-state index in [0.717, 1.165) is 12.8 Å². The Kier molecular flexibility index (Phi) is 11.0. The fourth-order valence-electron chi connectivity index (χ4n) is 3.24. The van der Waals surface area contributed by atoms with Crippen molar-refractivity contribution in [3.63, 3.8) is 0 Å². The number of ether oxygens (including phenoxy) is 1. The summed E-state index contributed by atoms with van der Waals surface area (Å²) in [4.78, 5) is 23.3. The summed E-state index contributed by atoms with van der Waals surface area (Å²) in [5.74, 6) is -0.706. The van der Waals surface area contributed by atoms with Gasteiger partial charge in [-0.05, 0) is 6.42 Å². The molecule has 0 aromatic carbocycles. The molecule has 0 radical (unpaired) electrons. The van der Waals surface area contributed by atoms with Crippen molar-refractivity contribution in [2.24, 2.45) is 5.92 Å². The summed E-state index contributed by atoms with van der Waals surface area (Å²) in [7, 11) is 0. The van der Waals surface area contributed by atoms with E-state index in [1.54, 1.807) is 0 Å². The summed E-state index contributed by atoms with van der Waals surface area (Å²) in [5.41, 5.74) is 0. The van der Waals surface area contributed by atoms with Crippen molar-refractivity contribution >= 4 is 11.8 Å². The molecule has 4 heteroatoms. The second-order valence-electron chi connectivity index (χ2n) is 6.77. The molecule has 1 rings (SSSR count). The number of carbonyl (C=O) groups excluding carboxylic acids is 2. The van der Waals surface area contributed by atoms with Crippen LogP contribution in [0.4, 0.5) is 0 Å². The number of Topliss-reactive ketones (excluding diaryl/α,β-unsaturated/α-hetero) is 1. The first-order chi connectivity index (χ1) is 11.2. The molecular weight excluding hydrogens is 292 g/mol. The van der Waals surface area contributed by atoms with Gasteiger partial charge in [0.1, 0.15) is 11.9 Å². The lowest BCUT2D eigenvalue weighted by atomic mass is 9.93. The highest BCUT2D eigenvalue weighted by Gasteiger charge is 2.38. The average Bonchev–Trinajstić information content (AvgIpc) is 2.93. The molecule has 0 aromatic rings. The first-order valence-corrected chi connectivity index (χ1v) is 9.52. The van der Waals surface area contributed by atoms with Crippen LogP contribution >= 0.6 is 0 Å². The lowest BCUT2D eigenvalue weighted by molar-refractivity contribution is -0.143. The van der Waals surface area contributed by atoms with Crippen molar-refractivity contribution in [3.8, 4) is 0 Å². The Bertz CT molecular complexity index is 340. The molecule has 134 valence electrons. The fraction of sp³-hybridized carbons (Fsp3) is 0.895. The van der Waals surface area contributed by atoms with Crippen molar-refractivity contribution in [1.82, 2.24) is 0 Å². The van der Waals surface area contributed by atoms with E-state index in [0.29, 0.717) is 6.42 Å². The van der Waals surface area contributed by atoms with E-state index in [4.69, 9.17) is 9.84 Å². The third-order valence-corrected chi connectivity index (χ3v) is 4.74. The smallest absolute Gasteiger partial charge is 0.307 e. The molecule has 1 aliphatic heterocycles. The first-order valence-electron chi connectivity index (χ1n) is 9.52. The standard InChI is InChI=1S/C19H34O4/c1-2-3-4-5-6-7-8-9-10-11-12-13-17(21)16-14-19(22)23-18(16)15-20/h16,18,20H,2-15H2,1H3/t16?,18-/m0/s1. The minimum Gasteiger partial charge on any atom is -0.459 e. The van der Waals surface area contributed by atoms with Gasteiger partial charge in [0.05, 0.1) is 18.9 Å². The van der Waals surface area contributed by atoms with E-state index >= 15 is 0 Å². The molecular formula is C19H34O4. The quantitative estimate of drug-likeness (QED) is 0.384. The summed E-state index contributed by atoms with van der Waals surface area (Å²) >= 11 is 0. The Labute approximate surface area is 141 Å². The van der Waals surface area contributed by atoms with E-state index in [9.17, 15) is 9.59 Å². The van der Waals surface area contributed by atoms with Crippen LogP contribution in [0.25, 0.3) is 0 Å². The van der Waals surface area contributed by atoms with Gasteiger partial charge >= 0.3 is 5.97 Å². The molecule has 0 aromatic heterocycles. The van der Waals surface area contributed by atoms with Gasteiger partial charge in [-0.15, -0.1) is 0 Å². The number of aliphatic hydroxyl groups excluding tert-OH is 1. The lowest BCUT2D eigenvalue weighted by Gasteiger charge is -2.13. The highest BCUT2D eigenvalue weighted by Crippen LogP contribution is 2.25. The maximum Gasteiger partial charge on any atom is 0.307 e. The molecule has 0 aliphatic carbocycles. The van der Waals surface area contributed by atoms with Gasteiger partial charge in [0.25, 0.3) is 0 Å². The third kappa shape index (κ3) is 8.50. The molecule has 0 amide bonds. The first kappa shape index (κ1) is 20.1. The van der Waals surface area contributed by atoms with Crippen LogP contribution in [-0.4, -0.2) is 29.6 Å². The SMILES string of the molecule is CCCCCCCCCCCCCC(=O)C1CC(=O)O[C@H]1CO. The number of hydrogen-bond acceptors (Lipinski definition) is 4. The van der Waals surface area contributed by atoms with Crippen molar-refractivity contribution < 1.29 is 19.4 Å². The Morgan fingerprint density at radius 1 is 1.00 bits per heavy atom. The molecule has 1 unspecified atom stereocenters. The largest absolute Gasteiger partial charge is 0.459 e. The molecule has 2 atom stereocenters. The number of hydrogen-bond donors (Lipinski definition) is 1. The van der Waals surface area contributed by atoms with E-state index in [2.05, 4.69) is 6.92 Å². The van der Waals surface area contributed by atoms with Crippen LogP contribution in [0, 0.1) is 5.92 Å². The fourth-order valence-corrected chi connectivity index (χ4v) is 3.24. The Hall–Kier alpha value is -0.900. The number of carbonyl (C=O) groups is 2. The molecule has 0 saturated carbocycles. The number of ketones is 1. The zero-order chi connectivity index (χ0) is 16.9. The van der Waals surface area contributed by atoms with Crippen LogP contribution in [-0.2, 0) is 14.3 Å². The average molecular weight is 326 g/mol. The second kappa shape index (κ2) is 12.5. The van der Waals surface area contributed by atoms with Crippen LogP contribution in [0.15, 0.2) is 0 Å². The Morgan fingerprint density at radius 3 is 2.04 bits per heavy atom. The minimum atomic E-state index is -0.609. The predicted octanol–water partition coefficient (Wildman–Crippen LogP) is 4.18. The van der Waals surface area contributed by atoms with Gasteiger partial charge < -0.3 is 9.84 Å². The zero-order valence-corrected chi connectivity index (χ0v) is 14.7. The normalized spacial score (nSPS) is 20.7. The van der Waals surface area contributed by atoms with E-state index < -0.39 is 12.0 Å². The molecule has 23 heavy (non-hydrogen) atoms. The number of esters is 1. The van der Waals surface area contributed by atoms with Crippen molar-refractivity contribution in [1.29, 1.82) is 0 Å². The highest BCUT2D eigenvalue weighted by atomic mass is 16.6. The van der Waals surface area contributed by atoms with Crippen LogP contribution in [0.3, 0.4) is 0 Å². The number of unbranched alkanes of at least 4 members (excludes halogenated alkanes) is 10. The van der Waals surface area contributed by atoms with Crippen LogP contribution in [0.2, 0.25) is 0 Å². The van der Waals surface area contributed by atoms with E-state index in [1.807, 2.05) is 0 Å². The summed E-state index contributed by atoms with van der Waals surface area (Å²) in [5, 5.41) is 9.13. The van der Waals surface area contributed by atoms with E-state index in [1.165, 1.54) is 57.8 Å². The number of aliphatic hydroxyl groups is 1. The molecule has 0 bridgehead atoms. The maximum atomic E-state index is 12.1. The third-order valence-electron chi connectivity index (χ3n) is 4.74. The summed E-state index contributed by atoms with van der Waals surface area (Å²) in [6.07, 6.45) is 13.9. The molecule has 1 N–H and O–H groups in total. The molecule has 1 heterocycles.